The molecule has 1 rings (SSSR count). The molecule has 0 fully saturated rings. The Kier molecular flexibility index (Phi) is 3.20. The van der Waals surface area contributed by atoms with Crippen LogP contribution in [0.15, 0.2) is 18.2 Å². The van der Waals surface area contributed by atoms with Crippen molar-refractivity contribution in [2.45, 2.75) is 0 Å². The molecule has 80 valence electrons. The summed E-state index contributed by atoms with van der Waals surface area (Å²) in [5, 5.41) is 20.9. The molecule has 0 saturated heterocycles. The van der Waals surface area contributed by atoms with Crippen LogP contribution in [0.25, 0.3) is 0 Å². The van der Waals surface area contributed by atoms with Gasteiger partial charge >= 0.3 is 86.3 Å². The predicted molar refractivity (Wildman–Crippen MR) is 48.0 cm³/mol. The molecule has 0 aliphatic rings. The monoisotopic (exact) mass is 280 g/mol. The van der Waals surface area contributed by atoms with Crippen LogP contribution in [0.2, 0.25) is 0 Å². The molecule has 1 aromatic rings. The minimum absolute atomic E-state index is 0.701. The number of benzene rings is 1. The third-order valence-corrected chi connectivity index (χ3v) is 3.15. The van der Waals surface area contributed by atoms with Crippen molar-refractivity contribution in [2.24, 2.45) is 0 Å². The fourth-order valence-electron chi connectivity index (χ4n) is 0.979. The van der Waals surface area contributed by atoms with Gasteiger partial charge in [0, 0.05) is 0 Å². The van der Waals surface area contributed by atoms with Gasteiger partial charge in [0.05, 0.1) is 0 Å². The normalized spacial score (nSPS) is 12.1. The first-order chi connectivity index (χ1) is 6.95. The van der Waals surface area contributed by atoms with Gasteiger partial charge in [-0.05, 0) is 0 Å². The molecule has 0 amide bonds. The van der Waals surface area contributed by atoms with Crippen LogP contribution in [-0.4, -0.2) is 28.2 Å². The van der Waals surface area contributed by atoms with Gasteiger partial charge in [0.2, 0.25) is 0 Å². The Hall–Kier alpha value is -1.70. The zero-order valence-corrected chi connectivity index (χ0v) is 8.74. The Morgan fingerprint density at radius 1 is 1.13 bits per heavy atom. The van der Waals surface area contributed by atoms with Crippen LogP contribution in [0.1, 0.15) is 0 Å². The number of hydrogen-bond acceptors (Lipinski definition) is 5. The Morgan fingerprint density at radius 3 is 1.80 bits per heavy atom. The van der Waals surface area contributed by atoms with Crippen molar-refractivity contribution in [3.63, 3.8) is 0 Å². The summed E-state index contributed by atoms with van der Waals surface area (Å²) in [7, 11) is 0. The van der Waals surface area contributed by atoms with Gasteiger partial charge in [-0.1, -0.05) is 0 Å². The van der Waals surface area contributed by atoms with Crippen LogP contribution in [0.4, 0.5) is 11.4 Å². The second-order valence-corrected chi connectivity index (χ2v) is 4.29. The van der Waals surface area contributed by atoms with Crippen molar-refractivity contribution in [3.05, 3.63) is 38.4 Å². The molecule has 0 radical (unpaired) electrons. The average molecular weight is 279 g/mol. The quantitative estimate of drug-likeness (QED) is 0.457. The molecule has 1 unspecified atom stereocenters. The van der Waals surface area contributed by atoms with Crippen LogP contribution in [-0.2, 0) is 3.83 Å². The van der Waals surface area contributed by atoms with Crippen molar-refractivity contribution in [3.8, 4) is 0 Å². The van der Waals surface area contributed by atoms with E-state index >= 15 is 0 Å². The summed E-state index contributed by atoms with van der Waals surface area (Å²) in [6.45, 7) is 0. The van der Waals surface area contributed by atoms with Gasteiger partial charge in [-0.15, -0.1) is 0 Å². The van der Waals surface area contributed by atoms with Crippen LogP contribution in [0.3, 0.4) is 0 Å². The molecule has 9 heteroatoms. The topological polar surface area (TPSA) is 124 Å². The SMILES string of the molecule is O=[N+]([O-])c1cccc([N+](=O)[O-])c1[Se](=O)O. The first-order valence-electron chi connectivity index (χ1n) is 3.47. The van der Waals surface area contributed by atoms with Gasteiger partial charge < -0.3 is 0 Å². The fourth-order valence-corrected chi connectivity index (χ4v) is 2.33. The fraction of sp³-hybridized carbons (Fsp3) is 0. The average Bonchev–Trinajstić information content (AvgIpc) is 2.16. The third-order valence-electron chi connectivity index (χ3n) is 1.54. The maximum atomic E-state index is 10.9. The summed E-state index contributed by atoms with van der Waals surface area (Å²) in [5.41, 5.74) is -1.40. The van der Waals surface area contributed by atoms with Crippen LogP contribution in [0, 0.1) is 20.2 Å². The predicted octanol–water partition coefficient (Wildman–Crippen LogP) is -0.379. The van der Waals surface area contributed by atoms with Gasteiger partial charge in [-0.25, -0.2) is 0 Å². The molecular weight excluding hydrogens is 275 g/mol. The number of nitro groups is 2. The van der Waals surface area contributed by atoms with E-state index in [1.807, 2.05) is 0 Å². The molecule has 1 atom stereocenters. The summed E-state index contributed by atoms with van der Waals surface area (Å²) in [6, 6.07) is 2.99. The molecule has 0 spiro atoms. The summed E-state index contributed by atoms with van der Waals surface area (Å²) >= 11 is -3.72. The third kappa shape index (κ3) is 2.21. The van der Waals surface area contributed by atoms with Gasteiger partial charge in [0.25, 0.3) is 0 Å². The Balaban J connectivity index is 3.56. The molecule has 0 aliphatic carbocycles. The second kappa shape index (κ2) is 4.22. The summed E-state index contributed by atoms with van der Waals surface area (Å²) < 4.78 is 19.0. The molecule has 0 aliphatic heterocycles. The standard InChI is InChI=1S/C6H4N2O6Se/c9-7(10)4-2-1-3-5(8(11)12)6(4)15(13)14/h1-3H,(H,13,14). The van der Waals surface area contributed by atoms with Crippen molar-refractivity contribution in [1.29, 1.82) is 0 Å². The molecular formula is C6H4N2O6Se. The maximum absolute atomic E-state index is 10.9. The van der Waals surface area contributed by atoms with E-state index in [1.165, 1.54) is 0 Å². The zero-order chi connectivity index (χ0) is 11.6. The van der Waals surface area contributed by atoms with E-state index in [9.17, 15) is 24.1 Å². The Labute approximate surface area is 86.9 Å². The van der Waals surface area contributed by atoms with E-state index in [0.717, 1.165) is 18.2 Å². The van der Waals surface area contributed by atoms with E-state index < -0.39 is 39.8 Å². The van der Waals surface area contributed by atoms with Crippen molar-refractivity contribution < 1.29 is 17.9 Å². The van der Waals surface area contributed by atoms with E-state index in [1.54, 1.807) is 0 Å². The molecule has 15 heavy (non-hydrogen) atoms. The Bertz CT molecular complexity index is 427. The van der Waals surface area contributed by atoms with Gasteiger partial charge in [0.1, 0.15) is 0 Å². The van der Waals surface area contributed by atoms with E-state index in [4.69, 9.17) is 4.19 Å². The van der Waals surface area contributed by atoms with Crippen LogP contribution >= 0.6 is 0 Å². The van der Waals surface area contributed by atoms with E-state index in [0.29, 0.717) is 0 Å². The van der Waals surface area contributed by atoms with Gasteiger partial charge in [-0.2, -0.15) is 0 Å². The zero-order valence-electron chi connectivity index (χ0n) is 7.02. The van der Waals surface area contributed by atoms with Crippen LogP contribution < -0.4 is 4.46 Å². The molecule has 1 aromatic carbocycles. The summed E-state index contributed by atoms with van der Waals surface area (Å²) in [6.07, 6.45) is 0. The number of nitrogens with zero attached hydrogens (tertiary/aromatic N) is 2. The van der Waals surface area contributed by atoms with E-state index in [-0.39, 0.29) is 0 Å². The first kappa shape index (κ1) is 11.4. The Morgan fingerprint density at radius 2 is 1.53 bits per heavy atom. The molecule has 0 heterocycles. The van der Waals surface area contributed by atoms with Crippen molar-refractivity contribution in [2.75, 3.05) is 0 Å². The summed E-state index contributed by atoms with van der Waals surface area (Å²) in [5.74, 6) is 0. The molecule has 0 bridgehead atoms. The number of nitro benzene ring substituents is 2. The number of hydrogen-bond donors (Lipinski definition) is 1. The van der Waals surface area contributed by atoms with Crippen molar-refractivity contribution >= 4 is 30.0 Å². The van der Waals surface area contributed by atoms with E-state index in [2.05, 4.69) is 0 Å². The minimum atomic E-state index is -3.72. The van der Waals surface area contributed by atoms with Crippen LogP contribution in [0.5, 0.6) is 0 Å². The molecule has 8 nitrogen and oxygen atoms in total. The van der Waals surface area contributed by atoms with Gasteiger partial charge in [-0.3, -0.25) is 0 Å². The molecule has 1 N–H and O–H groups in total. The van der Waals surface area contributed by atoms with Gasteiger partial charge in [0.15, 0.2) is 0 Å². The molecule has 0 saturated carbocycles. The summed E-state index contributed by atoms with van der Waals surface area (Å²) in [4.78, 5) is 19.1. The number of rotatable bonds is 3. The second-order valence-electron chi connectivity index (χ2n) is 2.39. The molecule has 0 aromatic heterocycles. The first-order valence-corrected chi connectivity index (χ1v) is 5.80. The van der Waals surface area contributed by atoms with Crippen molar-refractivity contribution in [1.82, 2.24) is 0 Å².